The Morgan fingerprint density at radius 3 is 2.60 bits per heavy atom. The van der Waals surface area contributed by atoms with Crippen molar-refractivity contribution in [1.29, 1.82) is 0 Å². The van der Waals surface area contributed by atoms with Crippen LogP contribution in [0.25, 0.3) is 22.3 Å². The van der Waals surface area contributed by atoms with Gasteiger partial charge in [0.1, 0.15) is 5.75 Å². The summed E-state index contributed by atoms with van der Waals surface area (Å²) in [5.74, 6) is 0.897. The van der Waals surface area contributed by atoms with Gasteiger partial charge in [0.15, 0.2) is 5.65 Å². The van der Waals surface area contributed by atoms with Crippen LogP contribution in [0.5, 0.6) is 5.75 Å². The molecule has 30 heavy (non-hydrogen) atoms. The molecule has 1 aliphatic rings. The third-order valence-corrected chi connectivity index (χ3v) is 6.10. The molecule has 4 rings (SSSR count). The largest absolute Gasteiger partial charge is 0.493 e. The van der Waals surface area contributed by atoms with Gasteiger partial charge in [-0.05, 0) is 58.0 Å². The van der Waals surface area contributed by atoms with Crippen molar-refractivity contribution >= 4 is 11.0 Å². The number of nitrogens with zero attached hydrogens (tertiary/aromatic N) is 5. The summed E-state index contributed by atoms with van der Waals surface area (Å²) < 4.78 is 8.23. The van der Waals surface area contributed by atoms with Gasteiger partial charge in [0, 0.05) is 55.9 Å². The molecular weight excluding hydrogens is 374 g/mol. The van der Waals surface area contributed by atoms with Crippen molar-refractivity contribution in [2.75, 3.05) is 46.4 Å². The highest BCUT2D eigenvalue weighted by Crippen LogP contribution is 2.32. The highest BCUT2D eigenvalue weighted by atomic mass is 16.5. The Morgan fingerprint density at radius 1 is 1.07 bits per heavy atom. The van der Waals surface area contributed by atoms with Crippen LogP contribution in [0.15, 0.2) is 30.3 Å². The van der Waals surface area contributed by atoms with Gasteiger partial charge in [0.05, 0.1) is 12.3 Å². The van der Waals surface area contributed by atoms with Gasteiger partial charge in [-0.15, -0.1) is 0 Å². The molecule has 1 saturated heterocycles. The molecule has 1 aliphatic heterocycles. The maximum Gasteiger partial charge on any atom is 0.182 e. The van der Waals surface area contributed by atoms with E-state index in [4.69, 9.17) is 14.8 Å². The number of aryl methyl sites for hydroxylation is 3. The van der Waals surface area contributed by atoms with E-state index in [1.54, 1.807) is 0 Å². The summed E-state index contributed by atoms with van der Waals surface area (Å²) in [4.78, 5) is 9.80. The van der Waals surface area contributed by atoms with Gasteiger partial charge in [0.2, 0.25) is 0 Å². The summed E-state index contributed by atoms with van der Waals surface area (Å²) in [7, 11) is 2.19. The number of likely N-dealkylation sites (N-methyl/N-ethyl adjacent to an activating group) is 1. The summed E-state index contributed by atoms with van der Waals surface area (Å²) in [6.45, 7) is 13.6. The number of fused-ring (bicyclic) bond motifs is 1. The zero-order valence-corrected chi connectivity index (χ0v) is 18.7. The number of benzene rings is 1. The average molecular weight is 408 g/mol. The number of rotatable bonds is 7. The topological polar surface area (TPSA) is 46.4 Å². The van der Waals surface area contributed by atoms with Crippen molar-refractivity contribution in [2.24, 2.45) is 0 Å². The Morgan fingerprint density at radius 2 is 1.83 bits per heavy atom. The summed E-state index contributed by atoms with van der Waals surface area (Å²) in [5.41, 5.74) is 5.16. The monoisotopic (exact) mass is 407 g/mol. The molecule has 0 unspecified atom stereocenters. The Kier molecular flexibility index (Phi) is 6.35. The lowest BCUT2D eigenvalue weighted by molar-refractivity contribution is 0.145. The third-order valence-electron chi connectivity index (χ3n) is 6.10. The minimum atomic E-state index is 0.716. The molecule has 0 atom stereocenters. The molecule has 6 heteroatoms. The van der Waals surface area contributed by atoms with E-state index in [1.807, 2.05) is 22.9 Å². The Hall–Kier alpha value is -2.44. The third kappa shape index (κ3) is 4.35. The van der Waals surface area contributed by atoms with Crippen LogP contribution in [-0.2, 0) is 6.54 Å². The molecule has 0 saturated carbocycles. The Balaban J connectivity index is 1.48. The summed E-state index contributed by atoms with van der Waals surface area (Å²) >= 11 is 0. The number of para-hydroxylation sites is 1. The minimum Gasteiger partial charge on any atom is -0.493 e. The van der Waals surface area contributed by atoms with Gasteiger partial charge in [-0.2, -0.15) is 5.10 Å². The normalized spacial score (nSPS) is 15.7. The van der Waals surface area contributed by atoms with Gasteiger partial charge in [-0.3, -0.25) is 4.68 Å². The van der Waals surface area contributed by atoms with Gasteiger partial charge in [-0.25, -0.2) is 4.98 Å². The van der Waals surface area contributed by atoms with Crippen molar-refractivity contribution in [3.05, 3.63) is 41.6 Å². The number of aromatic nitrogens is 3. The predicted molar refractivity (Wildman–Crippen MR) is 122 cm³/mol. The quantitative estimate of drug-likeness (QED) is 0.558. The van der Waals surface area contributed by atoms with E-state index < -0.39 is 0 Å². The lowest BCUT2D eigenvalue weighted by Gasteiger charge is -2.32. The van der Waals surface area contributed by atoms with Crippen LogP contribution < -0.4 is 4.74 Å². The molecule has 2 aromatic heterocycles. The van der Waals surface area contributed by atoms with Crippen LogP contribution in [0.4, 0.5) is 0 Å². The smallest absolute Gasteiger partial charge is 0.182 e. The molecule has 0 N–H and O–H groups in total. The molecule has 6 nitrogen and oxygen atoms in total. The number of ether oxygens (including phenoxy) is 1. The Bertz CT molecular complexity index is 1000. The fourth-order valence-electron chi connectivity index (χ4n) is 4.29. The van der Waals surface area contributed by atoms with E-state index >= 15 is 0 Å². The second kappa shape index (κ2) is 9.14. The predicted octanol–water partition coefficient (Wildman–Crippen LogP) is 3.75. The van der Waals surface area contributed by atoms with Crippen LogP contribution in [0, 0.1) is 13.8 Å². The first-order valence-corrected chi connectivity index (χ1v) is 11.0. The lowest BCUT2D eigenvalue weighted by Crippen LogP contribution is -2.44. The molecule has 0 radical (unpaired) electrons. The molecule has 160 valence electrons. The van der Waals surface area contributed by atoms with E-state index in [0.717, 1.165) is 73.7 Å². The first-order valence-electron chi connectivity index (χ1n) is 11.0. The van der Waals surface area contributed by atoms with E-state index in [-0.39, 0.29) is 0 Å². The Labute approximate surface area is 179 Å². The van der Waals surface area contributed by atoms with Crippen LogP contribution in [0.1, 0.15) is 24.6 Å². The molecule has 1 aromatic carbocycles. The lowest BCUT2D eigenvalue weighted by atomic mass is 10.1. The van der Waals surface area contributed by atoms with E-state index in [0.29, 0.717) is 6.61 Å². The van der Waals surface area contributed by atoms with Crippen LogP contribution in [-0.4, -0.2) is 70.9 Å². The molecule has 0 bridgehead atoms. The molecule has 1 fully saturated rings. The highest BCUT2D eigenvalue weighted by Gasteiger charge is 2.16. The summed E-state index contributed by atoms with van der Waals surface area (Å²) in [6.07, 6.45) is 1.03. The molecule has 0 amide bonds. The number of hydrogen-bond donors (Lipinski definition) is 0. The first-order chi connectivity index (χ1) is 14.6. The van der Waals surface area contributed by atoms with Crippen LogP contribution >= 0.6 is 0 Å². The van der Waals surface area contributed by atoms with Gasteiger partial charge < -0.3 is 14.5 Å². The molecule has 0 spiro atoms. The van der Waals surface area contributed by atoms with Crippen molar-refractivity contribution in [2.45, 2.75) is 33.7 Å². The number of pyridine rings is 1. The van der Waals surface area contributed by atoms with Crippen LogP contribution in [0.2, 0.25) is 0 Å². The van der Waals surface area contributed by atoms with E-state index in [9.17, 15) is 0 Å². The standard InChI is InChI=1S/C24H33N5O/c1-5-29-19(3)23-18(2)17-21(25-24(23)26-29)20-9-6-7-10-22(20)30-16-8-11-28-14-12-27(4)13-15-28/h6-7,9-10,17H,5,8,11-16H2,1-4H3. The van der Waals surface area contributed by atoms with Gasteiger partial charge in [-0.1, -0.05) is 12.1 Å². The summed E-state index contributed by atoms with van der Waals surface area (Å²) in [5, 5.41) is 5.85. The SMILES string of the molecule is CCn1nc2nc(-c3ccccc3OCCCN3CCN(C)CC3)cc(C)c2c1C. The zero-order chi connectivity index (χ0) is 21.1. The fraction of sp³-hybridized carbons (Fsp3) is 0.500. The zero-order valence-electron chi connectivity index (χ0n) is 18.7. The van der Waals surface area contributed by atoms with Crippen molar-refractivity contribution in [3.8, 4) is 17.0 Å². The highest BCUT2D eigenvalue weighted by molar-refractivity contribution is 5.85. The van der Waals surface area contributed by atoms with Crippen molar-refractivity contribution < 1.29 is 4.74 Å². The minimum absolute atomic E-state index is 0.716. The molecule has 0 aliphatic carbocycles. The van der Waals surface area contributed by atoms with E-state index in [2.05, 4.69) is 49.8 Å². The van der Waals surface area contributed by atoms with E-state index in [1.165, 1.54) is 11.3 Å². The molecule has 3 aromatic rings. The summed E-state index contributed by atoms with van der Waals surface area (Å²) in [6, 6.07) is 10.4. The molecular formula is C24H33N5O. The molecule has 3 heterocycles. The maximum absolute atomic E-state index is 6.20. The van der Waals surface area contributed by atoms with Crippen LogP contribution in [0.3, 0.4) is 0 Å². The number of piperazine rings is 1. The van der Waals surface area contributed by atoms with Gasteiger partial charge >= 0.3 is 0 Å². The first kappa shape index (κ1) is 20.8. The second-order valence-corrected chi connectivity index (χ2v) is 8.27. The second-order valence-electron chi connectivity index (χ2n) is 8.27. The van der Waals surface area contributed by atoms with Crippen molar-refractivity contribution in [3.63, 3.8) is 0 Å². The fourth-order valence-corrected chi connectivity index (χ4v) is 4.29. The maximum atomic E-state index is 6.20. The van der Waals surface area contributed by atoms with Crippen molar-refractivity contribution in [1.82, 2.24) is 24.6 Å². The average Bonchev–Trinajstić information content (AvgIpc) is 3.09. The van der Waals surface area contributed by atoms with Gasteiger partial charge in [0.25, 0.3) is 0 Å². The number of hydrogen-bond acceptors (Lipinski definition) is 5.